The van der Waals surface area contributed by atoms with Crippen LogP contribution in [0.4, 0.5) is 0 Å². The highest BCUT2D eigenvalue weighted by Gasteiger charge is 2.17. The van der Waals surface area contributed by atoms with Crippen LogP contribution in [0.2, 0.25) is 0 Å². The molecule has 0 aliphatic rings. The number of hydrogen-bond donors (Lipinski definition) is 0. The maximum absolute atomic E-state index is 4.60. The van der Waals surface area contributed by atoms with Crippen molar-refractivity contribution in [1.29, 1.82) is 0 Å². The van der Waals surface area contributed by atoms with Crippen molar-refractivity contribution < 1.29 is 0 Å². The number of fused-ring (bicyclic) bond motifs is 3. The Labute approximate surface area is 150 Å². The van der Waals surface area contributed by atoms with Gasteiger partial charge in [-0.1, -0.05) is 46.3 Å². The predicted octanol–water partition coefficient (Wildman–Crippen LogP) is 3.89. The number of hydrogen-bond acceptors (Lipinski definition) is 4. The van der Waals surface area contributed by atoms with Crippen LogP contribution >= 0.6 is 15.9 Å². The van der Waals surface area contributed by atoms with E-state index in [9.17, 15) is 0 Å². The van der Waals surface area contributed by atoms with Gasteiger partial charge in [-0.25, -0.2) is 4.98 Å². The normalized spacial score (nSPS) is 11.4. The zero-order valence-electron chi connectivity index (χ0n) is 12.9. The maximum atomic E-state index is 4.60. The van der Waals surface area contributed by atoms with Crippen LogP contribution < -0.4 is 0 Å². The van der Waals surface area contributed by atoms with Crippen molar-refractivity contribution in [3.05, 3.63) is 71.6 Å². The molecular weight excluding hydrogens is 380 g/mol. The number of benzene rings is 2. The molecule has 0 amide bonds. The van der Waals surface area contributed by atoms with E-state index in [-0.39, 0.29) is 0 Å². The molecule has 0 fully saturated rings. The van der Waals surface area contributed by atoms with Crippen molar-refractivity contribution >= 4 is 32.6 Å². The first-order chi connectivity index (χ1) is 12.3. The third-order valence-corrected chi connectivity index (χ3v) is 4.70. The van der Waals surface area contributed by atoms with E-state index in [0.717, 1.165) is 32.3 Å². The molecular formula is C18H11BrN6. The van der Waals surface area contributed by atoms with Crippen molar-refractivity contribution in [1.82, 2.24) is 29.6 Å². The van der Waals surface area contributed by atoms with Crippen LogP contribution in [0.15, 0.2) is 71.6 Å². The summed E-state index contributed by atoms with van der Waals surface area (Å²) in [5.41, 5.74) is 4.69. The largest absolute Gasteiger partial charge is 0.301 e. The van der Waals surface area contributed by atoms with Crippen LogP contribution in [-0.2, 0) is 0 Å². The Morgan fingerprint density at radius 3 is 2.48 bits per heavy atom. The van der Waals surface area contributed by atoms with E-state index in [1.165, 1.54) is 0 Å². The molecule has 0 bridgehead atoms. The van der Waals surface area contributed by atoms with E-state index in [0.29, 0.717) is 5.65 Å². The van der Waals surface area contributed by atoms with Crippen LogP contribution in [0, 0.1) is 0 Å². The van der Waals surface area contributed by atoms with Gasteiger partial charge in [-0.2, -0.15) is 4.52 Å². The molecule has 3 aromatic heterocycles. The summed E-state index contributed by atoms with van der Waals surface area (Å²) in [5, 5.41) is 12.9. The third-order valence-electron chi connectivity index (χ3n) is 4.17. The number of aromatic nitrogens is 6. The Bertz CT molecular complexity index is 1190. The van der Waals surface area contributed by atoms with Gasteiger partial charge in [0, 0.05) is 21.9 Å². The van der Waals surface area contributed by atoms with Crippen LogP contribution in [0.3, 0.4) is 0 Å². The molecule has 0 aliphatic carbocycles. The molecule has 0 saturated heterocycles. The minimum absolute atomic E-state index is 0.694. The summed E-state index contributed by atoms with van der Waals surface area (Å²) in [4.78, 5) is 4.60. The maximum Gasteiger partial charge on any atom is 0.192 e. The molecule has 7 heteroatoms. The molecule has 0 unspecified atom stereocenters. The molecule has 5 rings (SSSR count). The standard InChI is InChI=1S/C18H11BrN6/c19-13-6-8-14(9-7-13)24-10-15(12-4-2-1-3-5-12)16-17(24)20-11-25-18(16)21-22-23-25/h1-11H. The van der Waals surface area contributed by atoms with E-state index in [1.807, 2.05) is 42.5 Å². The first-order valence-corrected chi connectivity index (χ1v) is 8.50. The fraction of sp³-hybridized carbons (Fsp3) is 0. The van der Waals surface area contributed by atoms with Crippen LogP contribution in [0.1, 0.15) is 0 Å². The van der Waals surface area contributed by atoms with Gasteiger partial charge in [-0.3, -0.25) is 0 Å². The average molecular weight is 391 g/mol. The Morgan fingerprint density at radius 1 is 0.880 bits per heavy atom. The van der Waals surface area contributed by atoms with Gasteiger partial charge in [0.15, 0.2) is 11.3 Å². The fourth-order valence-corrected chi connectivity index (χ4v) is 3.29. The molecule has 120 valence electrons. The zero-order valence-corrected chi connectivity index (χ0v) is 14.5. The fourth-order valence-electron chi connectivity index (χ4n) is 3.02. The first kappa shape index (κ1) is 14.3. The summed E-state index contributed by atoms with van der Waals surface area (Å²) in [6.07, 6.45) is 3.73. The molecule has 0 atom stereocenters. The highest BCUT2D eigenvalue weighted by atomic mass is 79.9. The van der Waals surface area contributed by atoms with Gasteiger partial charge in [0.1, 0.15) is 6.33 Å². The second-order valence-corrected chi connectivity index (χ2v) is 6.56. The van der Waals surface area contributed by atoms with E-state index < -0.39 is 0 Å². The van der Waals surface area contributed by atoms with Gasteiger partial charge in [0.25, 0.3) is 0 Å². The van der Waals surface area contributed by atoms with Crippen molar-refractivity contribution in [2.24, 2.45) is 0 Å². The molecule has 3 heterocycles. The minimum atomic E-state index is 0.694. The predicted molar refractivity (Wildman–Crippen MR) is 98.5 cm³/mol. The summed E-state index contributed by atoms with van der Waals surface area (Å²) < 4.78 is 4.70. The Balaban J connectivity index is 1.89. The van der Waals surface area contributed by atoms with Crippen LogP contribution in [0.25, 0.3) is 33.5 Å². The number of tetrazole rings is 1. The summed E-state index contributed by atoms with van der Waals surface area (Å²) in [7, 11) is 0. The lowest BCUT2D eigenvalue weighted by molar-refractivity contribution is 0.811. The average Bonchev–Trinajstić information content (AvgIpc) is 3.27. The highest BCUT2D eigenvalue weighted by Crippen LogP contribution is 2.33. The van der Waals surface area contributed by atoms with Gasteiger partial charge in [0.2, 0.25) is 0 Å². The Kier molecular flexibility index (Phi) is 3.14. The molecule has 5 aromatic rings. The summed E-state index contributed by atoms with van der Waals surface area (Å²) in [6, 6.07) is 18.3. The summed E-state index contributed by atoms with van der Waals surface area (Å²) in [5.74, 6) is 0. The quantitative estimate of drug-likeness (QED) is 0.458. The third kappa shape index (κ3) is 2.24. The lowest BCUT2D eigenvalue weighted by Gasteiger charge is -2.04. The summed E-state index contributed by atoms with van der Waals surface area (Å²) in [6.45, 7) is 0. The smallest absolute Gasteiger partial charge is 0.192 e. The molecule has 6 nitrogen and oxygen atoms in total. The lowest BCUT2D eigenvalue weighted by Crippen LogP contribution is -1.96. The second-order valence-electron chi connectivity index (χ2n) is 5.65. The number of rotatable bonds is 2. The second kappa shape index (κ2) is 5.49. The molecule has 0 saturated carbocycles. The van der Waals surface area contributed by atoms with Crippen molar-refractivity contribution in [3.8, 4) is 16.8 Å². The summed E-state index contributed by atoms with van der Waals surface area (Å²) >= 11 is 3.48. The molecule has 0 radical (unpaired) electrons. The number of nitrogens with zero attached hydrogens (tertiary/aromatic N) is 6. The molecule has 0 spiro atoms. The minimum Gasteiger partial charge on any atom is -0.301 e. The monoisotopic (exact) mass is 390 g/mol. The Hall–Kier alpha value is -3.06. The first-order valence-electron chi connectivity index (χ1n) is 7.70. The molecule has 0 aliphatic heterocycles. The highest BCUT2D eigenvalue weighted by molar-refractivity contribution is 9.10. The Morgan fingerprint density at radius 2 is 1.68 bits per heavy atom. The van der Waals surface area contributed by atoms with Crippen molar-refractivity contribution in [3.63, 3.8) is 0 Å². The van der Waals surface area contributed by atoms with Gasteiger partial charge >= 0.3 is 0 Å². The van der Waals surface area contributed by atoms with Crippen molar-refractivity contribution in [2.45, 2.75) is 0 Å². The molecule has 2 aromatic carbocycles. The van der Waals surface area contributed by atoms with Crippen LogP contribution in [0.5, 0.6) is 0 Å². The topological polar surface area (TPSA) is 60.9 Å². The lowest BCUT2D eigenvalue weighted by atomic mass is 10.1. The molecule has 25 heavy (non-hydrogen) atoms. The van der Waals surface area contributed by atoms with Gasteiger partial charge in [-0.05, 0) is 40.3 Å². The van der Waals surface area contributed by atoms with Gasteiger partial charge < -0.3 is 4.57 Å². The van der Waals surface area contributed by atoms with E-state index >= 15 is 0 Å². The van der Waals surface area contributed by atoms with Crippen molar-refractivity contribution in [2.75, 3.05) is 0 Å². The zero-order chi connectivity index (χ0) is 16.8. The SMILES string of the molecule is Brc1ccc(-n2cc(-c3ccccc3)c3c2ncn2nnnc32)cc1. The van der Waals surface area contributed by atoms with E-state index in [1.54, 1.807) is 10.8 Å². The van der Waals surface area contributed by atoms with Gasteiger partial charge in [-0.15, -0.1) is 5.10 Å². The molecule has 0 N–H and O–H groups in total. The van der Waals surface area contributed by atoms with Crippen LogP contribution in [-0.4, -0.2) is 29.6 Å². The van der Waals surface area contributed by atoms with E-state index in [4.69, 9.17) is 0 Å². The van der Waals surface area contributed by atoms with E-state index in [2.05, 4.69) is 59.3 Å². The number of halogens is 1. The van der Waals surface area contributed by atoms with Gasteiger partial charge in [0.05, 0.1) is 5.39 Å².